The molecule has 0 spiro atoms. The maximum Gasteiger partial charge on any atom is 0.387 e. The van der Waals surface area contributed by atoms with Gasteiger partial charge in [0, 0.05) is 37.2 Å². The van der Waals surface area contributed by atoms with Gasteiger partial charge in [-0.2, -0.15) is 19.0 Å². The van der Waals surface area contributed by atoms with Crippen molar-refractivity contribution in [3.63, 3.8) is 0 Å². The fourth-order valence-electron chi connectivity index (χ4n) is 4.52. The third-order valence-electron chi connectivity index (χ3n) is 6.64. The zero-order valence-corrected chi connectivity index (χ0v) is 21.0. The van der Waals surface area contributed by atoms with Gasteiger partial charge >= 0.3 is 6.61 Å². The molecule has 4 heterocycles. The Morgan fingerprint density at radius 2 is 2.03 bits per heavy atom. The van der Waals surface area contributed by atoms with Crippen molar-refractivity contribution in [2.24, 2.45) is 0 Å². The largest absolute Gasteiger partial charge is 0.434 e. The first-order valence-corrected chi connectivity index (χ1v) is 13.5. The lowest BCUT2D eigenvalue weighted by atomic mass is 10.1. The van der Waals surface area contributed by atoms with E-state index in [4.69, 9.17) is 4.74 Å². The number of nitrogens with one attached hydrogen (secondary N) is 1. The molecule has 11 nitrogen and oxygen atoms in total. The average Bonchev–Trinajstić information content (AvgIpc) is 3.53. The summed E-state index contributed by atoms with van der Waals surface area (Å²) >= 11 is 0. The maximum atomic E-state index is 13.3. The summed E-state index contributed by atoms with van der Waals surface area (Å²) in [6, 6.07) is 5.41. The lowest BCUT2D eigenvalue weighted by Gasteiger charge is -2.36. The summed E-state index contributed by atoms with van der Waals surface area (Å²) in [6.07, 6.45) is 7.26. The SMILES string of the molecule is CN1CC(n2cc(NC(=O)c3cnn4cccnc34)c(-c3cc(S(=O)(=O)C4CC4)ccc3OC(F)F)n2)C1. The lowest BCUT2D eigenvalue weighted by molar-refractivity contribution is -0.0495. The highest BCUT2D eigenvalue weighted by Gasteiger charge is 2.38. The van der Waals surface area contributed by atoms with Crippen LogP contribution >= 0.6 is 0 Å². The Morgan fingerprint density at radius 3 is 2.74 bits per heavy atom. The van der Waals surface area contributed by atoms with Crippen molar-refractivity contribution >= 4 is 27.1 Å². The number of amides is 1. The van der Waals surface area contributed by atoms with Gasteiger partial charge in [-0.1, -0.05) is 0 Å². The quantitative estimate of drug-likeness (QED) is 0.360. The molecule has 1 saturated carbocycles. The van der Waals surface area contributed by atoms with Crippen molar-refractivity contribution in [3.8, 4) is 17.0 Å². The predicted octanol–water partition coefficient (Wildman–Crippen LogP) is 2.87. The number of hydrogen-bond acceptors (Lipinski definition) is 8. The standard InChI is InChI=1S/C24H23F2N7O4S/c1-31-11-14(12-31)33-13-19(29-23(34)18-10-28-32-8-2-7-27-22(18)32)21(30-33)17-9-16(38(35,36)15-3-4-15)5-6-20(17)37-24(25)26/h2,5-10,13-15,24H,3-4,11-12H2,1H3,(H,29,34). The van der Waals surface area contributed by atoms with Crippen LogP contribution in [0, 0.1) is 0 Å². The van der Waals surface area contributed by atoms with Gasteiger partial charge in [-0.15, -0.1) is 0 Å². The average molecular weight is 544 g/mol. The molecule has 1 aromatic carbocycles. The highest BCUT2D eigenvalue weighted by atomic mass is 32.2. The van der Waals surface area contributed by atoms with E-state index >= 15 is 0 Å². The first kappa shape index (κ1) is 24.4. The Labute approximate surface area is 215 Å². The molecule has 1 aliphatic heterocycles. The number of carbonyl (C=O) groups is 1. The van der Waals surface area contributed by atoms with Gasteiger partial charge in [0.25, 0.3) is 5.91 Å². The van der Waals surface area contributed by atoms with E-state index in [-0.39, 0.29) is 39.2 Å². The number of ether oxygens (including phenoxy) is 1. The number of anilines is 1. The van der Waals surface area contributed by atoms with Crippen molar-refractivity contribution in [1.82, 2.24) is 29.3 Å². The second-order valence-corrected chi connectivity index (χ2v) is 11.7. The molecule has 3 aromatic heterocycles. The lowest BCUT2D eigenvalue weighted by Crippen LogP contribution is -2.45. The van der Waals surface area contributed by atoms with Crippen LogP contribution in [0.3, 0.4) is 0 Å². The molecule has 1 amide bonds. The van der Waals surface area contributed by atoms with Crippen molar-refractivity contribution < 1.29 is 26.7 Å². The smallest absolute Gasteiger partial charge is 0.387 e. The first-order valence-electron chi connectivity index (χ1n) is 11.9. The number of fused-ring (bicyclic) bond motifs is 1. The molecule has 2 fully saturated rings. The Morgan fingerprint density at radius 1 is 1.24 bits per heavy atom. The van der Waals surface area contributed by atoms with E-state index in [0.29, 0.717) is 31.6 Å². The Hall–Kier alpha value is -3.91. The summed E-state index contributed by atoms with van der Waals surface area (Å²) in [5.74, 6) is -0.790. The summed E-state index contributed by atoms with van der Waals surface area (Å²) in [5.41, 5.74) is 0.882. The second kappa shape index (κ2) is 9.13. The molecule has 0 unspecified atom stereocenters. The Kier molecular flexibility index (Phi) is 5.87. The van der Waals surface area contributed by atoms with E-state index in [1.54, 1.807) is 23.1 Å². The molecule has 14 heteroatoms. The van der Waals surface area contributed by atoms with Crippen LogP contribution in [0.25, 0.3) is 16.9 Å². The minimum Gasteiger partial charge on any atom is -0.434 e. The molecule has 1 aliphatic carbocycles. The fraction of sp³-hybridized carbons (Fsp3) is 0.333. The number of halogens is 2. The molecule has 0 bridgehead atoms. The number of likely N-dealkylation sites (N-methyl/N-ethyl adjacent to an activating group) is 1. The zero-order chi connectivity index (χ0) is 26.6. The van der Waals surface area contributed by atoms with Crippen molar-refractivity contribution in [2.75, 3.05) is 25.5 Å². The molecule has 2 aliphatic rings. The summed E-state index contributed by atoms with van der Waals surface area (Å²) in [7, 11) is -1.69. The van der Waals surface area contributed by atoms with E-state index in [0.717, 1.165) is 0 Å². The Bertz CT molecular complexity index is 1640. The van der Waals surface area contributed by atoms with Crippen LogP contribution in [0.1, 0.15) is 29.2 Å². The number of nitrogens with zero attached hydrogens (tertiary/aromatic N) is 6. The van der Waals surface area contributed by atoms with E-state index in [2.05, 4.69) is 25.4 Å². The van der Waals surface area contributed by atoms with Gasteiger partial charge in [0.05, 0.1) is 28.1 Å². The van der Waals surface area contributed by atoms with Crippen molar-refractivity contribution in [1.29, 1.82) is 0 Å². The van der Waals surface area contributed by atoms with Crippen LogP contribution in [-0.4, -0.2) is 75.6 Å². The van der Waals surface area contributed by atoms with Crippen molar-refractivity contribution in [3.05, 3.63) is 54.6 Å². The molecular weight excluding hydrogens is 520 g/mol. The molecule has 38 heavy (non-hydrogen) atoms. The highest BCUT2D eigenvalue weighted by Crippen LogP contribution is 2.41. The number of alkyl halides is 2. The molecule has 4 aromatic rings. The number of sulfone groups is 1. The summed E-state index contributed by atoms with van der Waals surface area (Å²) in [5, 5.41) is 11.0. The van der Waals surface area contributed by atoms with E-state index in [1.807, 2.05) is 7.05 Å². The molecule has 1 saturated heterocycles. The van der Waals surface area contributed by atoms with Gasteiger partial charge < -0.3 is 15.0 Å². The number of hydrogen-bond donors (Lipinski definition) is 1. The molecule has 0 atom stereocenters. The molecular formula is C24H23F2N7O4S. The van der Waals surface area contributed by atoms with Crippen LogP contribution in [0.15, 0.2) is 53.9 Å². The minimum atomic E-state index is -3.64. The number of benzene rings is 1. The zero-order valence-electron chi connectivity index (χ0n) is 20.2. The van der Waals surface area contributed by atoms with Crippen LogP contribution in [0.2, 0.25) is 0 Å². The molecule has 0 radical (unpaired) electrons. The van der Waals surface area contributed by atoms with E-state index in [9.17, 15) is 22.0 Å². The summed E-state index contributed by atoms with van der Waals surface area (Å²) in [4.78, 5) is 19.5. The van der Waals surface area contributed by atoms with Gasteiger partial charge in [0.1, 0.15) is 17.0 Å². The second-order valence-electron chi connectivity index (χ2n) is 9.43. The number of aromatic nitrogens is 5. The summed E-state index contributed by atoms with van der Waals surface area (Å²) < 4.78 is 60.4. The topological polar surface area (TPSA) is 124 Å². The maximum absolute atomic E-state index is 13.3. The van der Waals surface area contributed by atoms with Gasteiger partial charge in [-0.25, -0.2) is 17.9 Å². The van der Waals surface area contributed by atoms with E-state index < -0.39 is 27.6 Å². The predicted molar refractivity (Wildman–Crippen MR) is 132 cm³/mol. The molecule has 6 rings (SSSR count). The number of likely N-dealkylation sites (tertiary alicyclic amines) is 1. The van der Waals surface area contributed by atoms with Crippen LogP contribution in [0.4, 0.5) is 14.5 Å². The Balaban J connectivity index is 1.45. The number of carbonyl (C=O) groups excluding carboxylic acids is 1. The molecule has 198 valence electrons. The van der Waals surface area contributed by atoms with Gasteiger partial charge in [-0.3, -0.25) is 9.48 Å². The number of rotatable bonds is 8. The fourth-order valence-corrected chi connectivity index (χ4v) is 6.20. The van der Waals surface area contributed by atoms with E-state index in [1.165, 1.54) is 35.1 Å². The minimum absolute atomic E-state index is 0.0131. The summed E-state index contributed by atoms with van der Waals surface area (Å²) in [6.45, 7) is -1.75. The van der Waals surface area contributed by atoms with Gasteiger partial charge in [0.2, 0.25) is 0 Å². The van der Waals surface area contributed by atoms with Gasteiger partial charge in [0.15, 0.2) is 15.5 Å². The third kappa shape index (κ3) is 4.39. The van der Waals surface area contributed by atoms with Crippen LogP contribution < -0.4 is 10.1 Å². The van der Waals surface area contributed by atoms with Crippen molar-refractivity contribution in [2.45, 2.75) is 35.6 Å². The van der Waals surface area contributed by atoms with Crippen LogP contribution in [0.5, 0.6) is 5.75 Å². The first-order chi connectivity index (χ1) is 18.2. The van der Waals surface area contributed by atoms with Crippen LogP contribution in [-0.2, 0) is 9.84 Å². The normalized spacial score (nSPS) is 16.6. The molecule has 1 N–H and O–H groups in total. The monoisotopic (exact) mass is 543 g/mol. The van der Waals surface area contributed by atoms with Gasteiger partial charge in [-0.05, 0) is 44.2 Å². The third-order valence-corrected chi connectivity index (χ3v) is 8.90. The highest BCUT2D eigenvalue weighted by molar-refractivity contribution is 7.92.